The zero-order valence-corrected chi connectivity index (χ0v) is 12.3. The number of carbonyl (C=O) groups is 2. The van der Waals surface area contributed by atoms with Crippen LogP contribution in [0.1, 0.15) is 43.8 Å². The summed E-state index contributed by atoms with van der Waals surface area (Å²) in [5, 5.41) is 12.3. The van der Waals surface area contributed by atoms with Crippen molar-refractivity contribution in [3.05, 3.63) is 39.7 Å². The summed E-state index contributed by atoms with van der Waals surface area (Å²) >= 11 is 1.28. The molecule has 2 rings (SSSR count). The maximum Gasteiger partial charge on any atom is 0.339 e. The number of carboxylic acids is 1. The maximum atomic E-state index is 12.1. The first kappa shape index (κ1) is 14.3. The lowest BCUT2D eigenvalue weighted by Crippen LogP contribution is -2.13. The number of carboxylic acid groups (broad SMARTS) is 1. The van der Waals surface area contributed by atoms with Crippen molar-refractivity contribution in [2.75, 3.05) is 5.32 Å². The number of hydrogen-bond acceptors (Lipinski definition) is 4. The molecule has 6 heteroatoms. The Kier molecular flexibility index (Phi) is 3.94. The van der Waals surface area contributed by atoms with Crippen LogP contribution in [0.2, 0.25) is 0 Å². The molecule has 1 amide bonds. The van der Waals surface area contributed by atoms with Crippen molar-refractivity contribution in [2.45, 2.75) is 27.2 Å². The average Bonchev–Trinajstić information content (AvgIpc) is 2.92. The van der Waals surface area contributed by atoms with Gasteiger partial charge in [0, 0.05) is 4.88 Å². The summed E-state index contributed by atoms with van der Waals surface area (Å²) in [6.45, 7) is 5.49. The van der Waals surface area contributed by atoms with Crippen molar-refractivity contribution < 1.29 is 19.1 Å². The van der Waals surface area contributed by atoms with Crippen molar-refractivity contribution in [1.82, 2.24) is 0 Å². The first-order valence-corrected chi connectivity index (χ1v) is 6.97. The summed E-state index contributed by atoms with van der Waals surface area (Å²) in [6.07, 6.45) is 1.97. The van der Waals surface area contributed by atoms with Crippen LogP contribution in [0.3, 0.4) is 0 Å². The van der Waals surface area contributed by atoms with Crippen LogP contribution in [0.25, 0.3) is 0 Å². The fourth-order valence-corrected chi connectivity index (χ4v) is 3.19. The smallest absolute Gasteiger partial charge is 0.339 e. The van der Waals surface area contributed by atoms with Gasteiger partial charge in [0.25, 0.3) is 5.91 Å². The average molecular weight is 293 g/mol. The zero-order valence-electron chi connectivity index (χ0n) is 11.4. The van der Waals surface area contributed by atoms with E-state index in [1.807, 2.05) is 13.8 Å². The predicted molar refractivity (Wildman–Crippen MR) is 76.8 cm³/mol. The number of aryl methyl sites for hydroxylation is 2. The minimum Gasteiger partial charge on any atom is -0.478 e. The third-order valence-electron chi connectivity index (χ3n) is 3.00. The molecule has 0 aliphatic rings. The fourth-order valence-electron chi connectivity index (χ4n) is 2.06. The molecule has 0 aliphatic carbocycles. The number of thiophene rings is 1. The molecule has 0 fully saturated rings. The van der Waals surface area contributed by atoms with Gasteiger partial charge < -0.3 is 14.8 Å². The van der Waals surface area contributed by atoms with Gasteiger partial charge in [0.1, 0.15) is 17.0 Å². The van der Waals surface area contributed by atoms with Crippen LogP contribution >= 0.6 is 11.3 Å². The van der Waals surface area contributed by atoms with Crippen LogP contribution in [0.5, 0.6) is 0 Å². The van der Waals surface area contributed by atoms with E-state index in [9.17, 15) is 14.7 Å². The number of furan rings is 1. The normalized spacial score (nSPS) is 10.6. The van der Waals surface area contributed by atoms with Crippen LogP contribution in [0, 0.1) is 13.8 Å². The van der Waals surface area contributed by atoms with E-state index in [1.54, 1.807) is 13.0 Å². The van der Waals surface area contributed by atoms with Gasteiger partial charge in [0.15, 0.2) is 0 Å². The molecule has 2 aromatic rings. The zero-order chi connectivity index (χ0) is 14.9. The van der Waals surface area contributed by atoms with Crippen molar-refractivity contribution in [2.24, 2.45) is 0 Å². The molecule has 2 heterocycles. The lowest BCUT2D eigenvalue weighted by atomic mass is 10.1. The van der Waals surface area contributed by atoms with Gasteiger partial charge in [-0.3, -0.25) is 4.79 Å². The topological polar surface area (TPSA) is 79.5 Å². The van der Waals surface area contributed by atoms with E-state index < -0.39 is 5.97 Å². The second-order valence-corrected chi connectivity index (χ2v) is 5.62. The molecular weight excluding hydrogens is 278 g/mol. The highest BCUT2D eigenvalue weighted by atomic mass is 32.1. The van der Waals surface area contributed by atoms with Gasteiger partial charge in [-0.2, -0.15) is 0 Å². The number of aromatic carboxylic acids is 1. The standard InChI is InChI=1S/C14H15NO4S/c1-4-10-8(3)20-13(11(10)14(17)18)15-12(16)9-5-7(2)19-6-9/h5-6H,4H2,1-3H3,(H,15,16)(H,17,18). The van der Waals surface area contributed by atoms with E-state index >= 15 is 0 Å². The summed E-state index contributed by atoms with van der Waals surface area (Å²) in [7, 11) is 0. The third-order valence-corrected chi connectivity index (χ3v) is 4.06. The molecule has 0 atom stereocenters. The highest BCUT2D eigenvalue weighted by Gasteiger charge is 2.22. The quantitative estimate of drug-likeness (QED) is 0.904. The van der Waals surface area contributed by atoms with E-state index in [0.29, 0.717) is 22.7 Å². The Morgan fingerprint density at radius 3 is 2.60 bits per heavy atom. The molecule has 0 unspecified atom stereocenters. The molecule has 20 heavy (non-hydrogen) atoms. The number of amides is 1. The van der Waals surface area contributed by atoms with Gasteiger partial charge in [-0.05, 0) is 31.9 Å². The second-order valence-electron chi connectivity index (χ2n) is 4.40. The Morgan fingerprint density at radius 2 is 2.10 bits per heavy atom. The van der Waals surface area contributed by atoms with Gasteiger partial charge >= 0.3 is 5.97 Å². The van der Waals surface area contributed by atoms with Crippen LogP contribution in [-0.4, -0.2) is 17.0 Å². The predicted octanol–water partition coefficient (Wildman–Crippen LogP) is 3.47. The van der Waals surface area contributed by atoms with Crippen molar-refractivity contribution >= 4 is 28.2 Å². The summed E-state index contributed by atoms with van der Waals surface area (Å²) in [5.41, 5.74) is 1.33. The SMILES string of the molecule is CCc1c(C)sc(NC(=O)c2coc(C)c2)c1C(=O)O. The first-order chi connectivity index (χ1) is 9.43. The minimum absolute atomic E-state index is 0.184. The summed E-state index contributed by atoms with van der Waals surface area (Å²) in [4.78, 5) is 24.3. The third kappa shape index (κ3) is 2.60. The van der Waals surface area contributed by atoms with Gasteiger partial charge in [-0.15, -0.1) is 11.3 Å². The number of anilines is 1. The highest BCUT2D eigenvalue weighted by molar-refractivity contribution is 7.16. The summed E-state index contributed by atoms with van der Waals surface area (Å²) in [6, 6.07) is 1.61. The summed E-state index contributed by atoms with van der Waals surface area (Å²) < 4.78 is 5.08. The van der Waals surface area contributed by atoms with Crippen LogP contribution in [0.15, 0.2) is 16.7 Å². The van der Waals surface area contributed by atoms with Gasteiger partial charge in [-0.25, -0.2) is 4.79 Å². The number of hydrogen-bond donors (Lipinski definition) is 2. The molecule has 0 aliphatic heterocycles. The molecule has 0 saturated carbocycles. The van der Waals surface area contributed by atoms with E-state index in [-0.39, 0.29) is 11.5 Å². The maximum absolute atomic E-state index is 12.1. The summed E-state index contributed by atoms with van der Waals surface area (Å²) in [5.74, 6) is -0.761. The molecule has 106 valence electrons. The molecular formula is C14H15NO4S. The number of nitrogens with one attached hydrogen (secondary N) is 1. The molecule has 0 radical (unpaired) electrons. The van der Waals surface area contributed by atoms with E-state index in [2.05, 4.69) is 5.32 Å². The molecule has 5 nitrogen and oxygen atoms in total. The first-order valence-electron chi connectivity index (χ1n) is 6.16. The van der Waals surface area contributed by atoms with Crippen LogP contribution in [0.4, 0.5) is 5.00 Å². The van der Waals surface area contributed by atoms with Gasteiger partial charge in [0.05, 0.1) is 11.1 Å². The number of carbonyl (C=O) groups excluding carboxylic acids is 1. The van der Waals surface area contributed by atoms with Crippen LogP contribution in [-0.2, 0) is 6.42 Å². The lowest BCUT2D eigenvalue weighted by molar-refractivity contribution is 0.0697. The Labute approximate surface area is 120 Å². The largest absolute Gasteiger partial charge is 0.478 e. The highest BCUT2D eigenvalue weighted by Crippen LogP contribution is 2.33. The Morgan fingerprint density at radius 1 is 1.40 bits per heavy atom. The van der Waals surface area contributed by atoms with E-state index in [4.69, 9.17) is 4.42 Å². The molecule has 0 aromatic carbocycles. The molecule has 0 bridgehead atoms. The second kappa shape index (κ2) is 5.50. The monoisotopic (exact) mass is 293 g/mol. The van der Waals surface area contributed by atoms with Gasteiger partial charge in [-0.1, -0.05) is 6.92 Å². The molecule has 0 spiro atoms. The van der Waals surface area contributed by atoms with Crippen molar-refractivity contribution in [1.29, 1.82) is 0 Å². The molecule has 0 saturated heterocycles. The van der Waals surface area contributed by atoms with E-state index in [1.165, 1.54) is 17.6 Å². The Balaban J connectivity index is 2.34. The Hall–Kier alpha value is -2.08. The Bertz CT molecular complexity index is 669. The van der Waals surface area contributed by atoms with Crippen molar-refractivity contribution in [3.8, 4) is 0 Å². The fraction of sp³-hybridized carbons (Fsp3) is 0.286. The molecule has 2 N–H and O–H groups in total. The number of rotatable bonds is 4. The minimum atomic E-state index is -1.02. The van der Waals surface area contributed by atoms with Crippen LogP contribution < -0.4 is 5.32 Å². The van der Waals surface area contributed by atoms with Gasteiger partial charge in [0.2, 0.25) is 0 Å². The lowest BCUT2D eigenvalue weighted by Gasteiger charge is -2.03. The molecule has 2 aromatic heterocycles. The van der Waals surface area contributed by atoms with E-state index in [0.717, 1.165) is 10.4 Å². The van der Waals surface area contributed by atoms with Crippen molar-refractivity contribution in [3.63, 3.8) is 0 Å².